The summed E-state index contributed by atoms with van der Waals surface area (Å²) in [6.07, 6.45) is 4.47. The first-order valence-corrected chi connectivity index (χ1v) is 7.55. The lowest BCUT2D eigenvalue weighted by Gasteiger charge is -2.12. The number of carbonyl (C=O) groups excluding carboxylic acids is 1. The zero-order valence-corrected chi connectivity index (χ0v) is 12.3. The van der Waals surface area contributed by atoms with Gasteiger partial charge in [-0.15, -0.1) is 11.3 Å². The fraction of sp³-hybridized carbons (Fsp3) is 0.333. The van der Waals surface area contributed by atoms with Crippen LogP contribution in [0.5, 0.6) is 0 Å². The Morgan fingerprint density at radius 1 is 1.35 bits per heavy atom. The maximum Gasteiger partial charge on any atom is 0.315 e. The molecule has 2 rings (SSSR count). The predicted octanol–water partition coefficient (Wildman–Crippen LogP) is 2.82. The van der Waals surface area contributed by atoms with E-state index >= 15 is 0 Å². The molecule has 2 aromatic rings. The maximum atomic E-state index is 11.7. The molecule has 0 radical (unpaired) electrons. The van der Waals surface area contributed by atoms with E-state index in [2.05, 4.69) is 40.1 Å². The van der Waals surface area contributed by atoms with Crippen molar-refractivity contribution in [1.29, 1.82) is 0 Å². The lowest BCUT2D eigenvalue weighted by Crippen LogP contribution is -2.37. The Morgan fingerprint density at radius 3 is 2.95 bits per heavy atom. The molecule has 0 fully saturated rings. The lowest BCUT2D eigenvalue weighted by molar-refractivity contribution is 0.239. The molecule has 0 bridgehead atoms. The monoisotopic (exact) mass is 289 g/mol. The highest BCUT2D eigenvalue weighted by molar-refractivity contribution is 7.09. The van der Waals surface area contributed by atoms with E-state index in [1.165, 1.54) is 4.88 Å². The molecule has 0 saturated heterocycles. The van der Waals surface area contributed by atoms with E-state index in [1.54, 1.807) is 23.7 Å². The fourth-order valence-corrected chi connectivity index (χ4v) is 2.73. The Kier molecular flexibility index (Phi) is 5.55. The SMILES string of the molecule is CC(CNC(=O)NCc1cccnc1)Cc1cccs1. The van der Waals surface area contributed by atoms with Gasteiger partial charge in [-0.05, 0) is 35.4 Å². The number of nitrogens with one attached hydrogen (secondary N) is 2. The topological polar surface area (TPSA) is 54.0 Å². The summed E-state index contributed by atoms with van der Waals surface area (Å²) < 4.78 is 0. The number of hydrogen-bond donors (Lipinski definition) is 2. The number of nitrogens with zero attached hydrogens (tertiary/aromatic N) is 1. The average molecular weight is 289 g/mol. The molecule has 4 nitrogen and oxygen atoms in total. The Bertz CT molecular complexity index is 513. The van der Waals surface area contributed by atoms with E-state index in [4.69, 9.17) is 0 Å². The molecule has 0 aliphatic heterocycles. The zero-order chi connectivity index (χ0) is 14.2. The summed E-state index contributed by atoms with van der Waals surface area (Å²) in [6, 6.07) is 7.85. The van der Waals surface area contributed by atoms with Crippen LogP contribution in [-0.4, -0.2) is 17.6 Å². The average Bonchev–Trinajstić information content (AvgIpc) is 2.97. The second kappa shape index (κ2) is 7.65. The summed E-state index contributed by atoms with van der Waals surface area (Å²) in [5, 5.41) is 7.80. The summed E-state index contributed by atoms with van der Waals surface area (Å²) in [5.74, 6) is 0.429. The number of thiophene rings is 1. The van der Waals surface area contributed by atoms with E-state index in [9.17, 15) is 4.79 Å². The Morgan fingerprint density at radius 2 is 2.25 bits per heavy atom. The molecular weight excluding hydrogens is 270 g/mol. The molecule has 0 aromatic carbocycles. The van der Waals surface area contributed by atoms with Crippen LogP contribution in [0, 0.1) is 5.92 Å². The molecular formula is C15H19N3OS. The van der Waals surface area contributed by atoms with Crippen molar-refractivity contribution in [3.63, 3.8) is 0 Å². The molecule has 2 N–H and O–H groups in total. The fourth-order valence-electron chi connectivity index (χ4n) is 1.86. The first-order chi connectivity index (χ1) is 9.74. The van der Waals surface area contributed by atoms with Gasteiger partial charge in [0.15, 0.2) is 0 Å². The van der Waals surface area contributed by atoms with Crippen LogP contribution in [0.1, 0.15) is 17.4 Å². The summed E-state index contributed by atoms with van der Waals surface area (Å²) in [7, 11) is 0. The van der Waals surface area contributed by atoms with E-state index in [0.717, 1.165) is 12.0 Å². The second-order valence-electron chi connectivity index (χ2n) is 4.81. The minimum Gasteiger partial charge on any atom is -0.338 e. The van der Waals surface area contributed by atoms with Gasteiger partial charge >= 0.3 is 6.03 Å². The molecule has 1 unspecified atom stereocenters. The van der Waals surface area contributed by atoms with Gasteiger partial charge in [0.2, 0.25) is 0 Å². The smallest absolute Gasteiger partial charge is 0.315 e. The van der Waals surface area contributed by atoms with E-state index in [0.29, 0.717) is 19.0 Å². The lowest BCUT2D eigenvalue weighted by atomic mass is 10.1. The first-order valence-electron chi connectivity index (χ1n) is 6.67. The van der Waals surface area contributed by atoms with Crippen LogP contribution in [-0.2, 0) is 13.0 Å². The normalized spacial score (nSPS) is 11.8. The predicted molar refractivity (Wildman–Crippen MR) is 81.7 cm³/mol. The molecule has 106 valence electrons. The summed E-state index contributed by atoms with van der Waals surface area (Å²) in [5.41, 5.74) is 0.995. The van der Waals surface area contributed by atoms with Crippen molar-refractivity contribution in [3.8, 4) is 0 Å². The number of amides is 2. The van der Waals surface area contributed by atoms with Crippen LogP contribution < -0.4 is 10.6 Å². The molecule has 20 heavy (non-hydrogen) atoms. The molecule has 0 aliphatic carbocycles. The number of pyridine rings is 1. The van der Waals surface area contributed by atoms with Crippen LogP contribution >= 0.6 is 11.3 Å². The number of urea groups is 1. The van der Waals surface area contributed by atoms with Gasteiger partial charge in [0.1, 0.15) is 0 Å². The minimum atomic E-state index is -0.133. The van der Waals surface area contributed by atoms with Gasteiger partial charge in [0.25, 0.3) is 0 Å². The minimum absolute atomic E-state index is 0.133. The third kappa shape index (κ3) is 5.01. The van der Waals surface area contributed by atoms with Crippen molar-refractivity contribution < 1.29 is 4.79 Å². The Balaban J connectivity index is 1.64. The molecule has 2 amide bonds. The molecule has 1 atom stereocenters. The highest BCUT2D eigenvalue weighted by atomic mass is 32.1. The van der Waals surface area contributed by atoms with Crippen LogP contribution in [0.25, 0.3) is 0 Å². The van der Waals surface area contributed by atoms with Crippen molar-refractivity contribution >= 4 is 17.4 Å². The van der Waals surface area contributed by atoms with Crippen LogP contribution in [0.3, 0.4) is 0 Å². The van der Waals surface area contributed by atoms with Crippen molar-refractivity contribution in [1.82, 2.24) is 15.6 Å². The molecule has 0 spiro atoms. The highest BCUT2D eigenvalue weighted by Crippen LogP contribution is 2.13. The third-order valence-electron chi connectivity index (χ3n) is 2.92. The number of hydrogen-bond acceptors (Lipinski definition) is 3. The Hall–Kier alpha value is -1.88. The summed E-state index contributed by atoms with van der Waals surface area (Å²) in [6.45, 7) is 3.32. The van der Waals surface area contributed by atoms with Crippen molar-refractivity contribution in [2.45, 2.75) is 19.9 Å². The molecule has 0 saturated carbocycles. The Labute approximate surface area is 123 Å². The molecule has 2 aromatic heterocycles. The highest BCUT2D eigenvalue weighted by Gasteiger charge is 2.07. The van der Waals surface area contributed by atoms with E-state index in [1.807, 2.05) is 12.1 Å². The van der Waals surface area contributed by atoms with Gasteiger partial charge in [0, 0.05) is 30.4 Å². The van der Waals surface area contributed by atoms with Gasteiger partial charge in [-0.25, -0.2) is 4.79 Å². The van der Waals surface area contributed by atoms with Crippen LogP contribution in [0.15, 0.2) is 42.0 Å². The van der Waals surface area contributed by atoms with Crippen molar-refractivity contribution in [2.24, 2.45) is 5.92 Å². The van der Waals surface area contributed by atoms with Gasteiger partial charge in [-0.2, -0.15) is 0 Å². The number of aromatic nitrogens is 1. The third-order valence-corrected chi connectivity index (χ3v) is 3.82. The molecule has 5 heteroatoms. The van der Waals surface area contributed by atoms with Crippen molar-refractivity contribution in [3.05, 3.63) is 52.5 Å². The van der Waals surface area contributed by atoms with Crippen LogP contribution in [0.4, 0.5) is 4.79 Å². The summed E-state index contributed by atoms with van der Waals surface area (Å²) >= 11 is 1.76. The van der Waals surface area contributed by atoms with Gasteiger partial charge in [-0.1, -0.05) is 19.1 Å². The standard InChI is InChI=1S/C15H19N3OS/c1-12(8-14-5-3-7-20-14)9-17-15(19)18-11-13-4-2-6-16-10-13/h2-7,10,12H,8-9,11H2,1H3,(H2,17,18,19). The maximum absolute atomic E-state index is 11.7. The van der Waals surface area contributed by atoms with E-state index < -0.39 is 0 Å². The van der Waals surface area contributed by atoms with Gasteiger partial charge in [0.05, 0.1) is 0 Å². The first kappa shape index (κ1) is 14.5. The second-order valence-corrected chi connectivity index (χ2v) is 5.85. The summed E-state index contributed by atoms with van der Waals surface area (Å²) in [4.78, 5) is 17.0. The van der Waals surface area contributed by atoms with E-state index in [-0.39, 0.29) is 6.03 Å². The van der Waals surface area contributed by atoms with Crippen LogP contribution in [0.2, 0.25) is 0 Å². The molecule has 0 aliphatic rings. The van der Waals surface area contributed by atoms with Crippen molar-refractivity contribution in [2.75, 3.05) is 6.54 Å². The van der Waals surface area contributed by atoms with Gasteiger partial charge in [-0.3, -0.25) is 4.98 Å². The quantitative estimate of drug-likeness (QED) is 0.859. The van der Waals surface area contributed by atoms with Gasteiger partial charge < -0.3 is 10.6 Å². The zero-order valence-electron chi connectivity index (χ0n) is 11.5. The largest absolute Gasteiger partial charge is 0.338 e. The molecule has 2 heterocycles. The number of carbonyl (C=O) groups is 1. The number of rotatable bonds is 6.